The highest BCUT2D eigenvalue weighted by Gasteiger charge is 2.17. The van der Waals surface area contributed by atoms with Gasteiger partial charge in [-0.3, -0.25) is 4.79 Å². The maximum absolute atomic E-state index is 11.9. The van der Waals surface area contributed by atoms with Crippen molar-refractivity contribution in [2.45, 2.75) is 6.92 Å². The molecule has 0 atom stereocenters. The monoisotopic (exact) mass is 428 g/mol. The van der Waals surface area contributed by atoms with Gasteiger partial charge < -0.3 is 4.98 Å². The molecule has 5 aromatic rings. The number of aromatic amines is 1. The van der Waals surface area contributed by atoms with Crippen LogP contribution in [0.5, 0.6) is 0 Å². The van der Waals surface area contributed by atoms with E-state index in [1.54, 1.807) is 17.6 Å². The minimum atomic E-state index is -0.217. The molecular weight excluding hydrogens is 416 g/mol. The number of halogens is 1. The van der Waals surface area contributed by atoms with Crippen molar-refractivity contribution in [2.75, 3.05) is 0 Å². The average molecular weight is 429 g/mol. The smallest absolute Gasteiger partial charge is 0.249 e. The van der Waals surface area contributed by atoms with Crippen LogP contribution in [0.3, 0.4) is 0 Å². The van der Waals surface area contributed by atoms with Gasteiger partial charge in [0.2, 0.25) is 5.56 Å². The van der Waals surface area contributed by atoms with Crippen molar-refractivity contribution < 1.29 is 0 Å². The number of aromatic nitrogens is 3. The molecule has 3 heterocycles. The number of hydrogen-bond donors (Lipinski definition) is 1. The number of thiazole rings is 1. The summed E-state index contributed by atoms with van der Waals surface area (Å²) in [4.78, 5) is 23.8. The van der Waals surface area contributed by atoms with Gasteiger partial charge in [-0.05, 0) is 48.4 Å². The van der Waals surface area contributed by atoms with E-state index in [1.165, 1.54) is 17.4 Å². The van der Waals surface area contributed by atoms with E-state index in [9.17, 15) is 10.1 Å². The molecule has 0 radical (unpaired) electrons. The molecule has 0 saturated heterocycles. The average Bonchev–Trinajstić information content (AvgIpc) is 3.22. The van der Waals surface area contributed by atoms with Gasteiger partial charge in [-0.25, -0.2) is 9.97 Å². The fourth-order valence-corrected chi connectivity index (χ4v) is 4.66. The predicted octanol–water partition coefficient (Wildman–Crippen LogP) is 5.70. The van der Waals surface area contributed by atoms with E-state index in [0.29, 0.717) is 21.9 Å². The number of benzene rings is 2. The molecule has 7 heteroatoms. The quantitative estimate of drug-likeness (QED) is 0.391. The molecule has 0 spiro atoms. The van der Waals surface area contributed by atoms with Crippen molar-refractivity contribution in [3.05, 3.63) is 80.5 Å². The Hall–Kier alpha value is -3.53. The van der Waals surface area contributed by atoms with Crippen molar-refractivity contribution in [3.8, 4) is 28.5 Å². The normalized spacial score (nSPS) is 11.1. The fraction of sp³-hybridized carbons (Fsp3) is 0.0435. The van der Waals surface area contributed by atoms with E-state index in [1.807, 2.05) is 37.3 Å². The van der Waals surface area contributed by atoms with Crippen LogP contribution in [-0.2, 0) is 0 Å². The summed E-state index contributed by atoms with van der Waals surface area (Å²) in [5.74, 6) is 0. The summed E-state index contributed by atoms with van der Waals surface area (Å²) in [6, 6.07) is 16.9. The number of rotatable bonds is 2. The molecule has 2 aromatic carbocycles. The second-order valence-electron chi connectivity index (χ2n) is 6.89. The van der Waals surface area contributed by atoms with Gasteiger partial charge >= 0.3 is 0 Å². The first kappa shape index (κ1) is 18.5. The lowest BCUT2D eigenvalue weighted by atomic mass is 9.93. The molecule has 0 saturated carbocycles. The Morgan fingerprint density at radius 1 is 1.13 bits per heavy atom. The van der Waals surface area contributed by atoms with Crippen LogP contribution in [0.4, 0.5) is 0 Å². The Labute approximate surface area is 180 Å². The van der Waals surface area contributed by atoms with Gasteiger partial charge in [-0.2, -0.15) is 5.26 Å². The van der Waals surface area contributed by atoms with Gasteiger partial charge in [0.15, 0.2) is 0 Å². The molecule has 1 N–H and O–H groups in total. The van der Waals surface area contributed by atoms with Gasteiger partial charge in [-0.15, -0.1) is 11.3 Å². The molecule has 30 heavy (non-hydrogen) atoms. The Bertz CT molecular complexity index is 1560. The van der Waals surface area contributed by atoms with E-state index in [4.69, 9.17) is 16.6 Å². The molecular formula is C23H13ClN4OS. The van der Waals surface area contributed by atoms with Gasteiger partial charge in [0, 0.05) is 22.6 Å². The number of fused-ring (bicyclic) bond motifs is 2. The molecule has 0 amide bonds. The van der Waals surface area contributed by atoms with E-state index >= 15 is 0 Å². The summed E-state index contributed by atoms with van der Waals surface area (Å²) in [7, 11) is 0. The van der Waals surface area contributed by atoms with Crippen molar-refractivity contribution >= 4 is 44.2 Å². The second-order valence-corrected chi connectivity index (χ2v) is 8.19. The zero-order valence-corrected chi connectivity index (χ0v) is 17.3. The largest absolute Gasteiger partial charge is 0.307 e. The predicted molar refractivity (Wildman–Crippen MR) is 121 cm³/mol. The highest BCUT2D eigenvalue weighted by molar-refractivity contribution is 7.16. The molecule has 0 unspecified atom stereocenters. The molecule has 144 valence electrons. The van der Waals surface area contributed by atoms with Gasteiger partial charge in [0.1, 0.15) is 5.65 Å². The van der Waals surface area contributed by atoms with Crippen LogP contribution in [0.25, 0.3) is 43.6 Å². The van der Waals surface area contributed by atoms with Crippen LogP contribution >= 0.6 is 22.9 Å². The topological polar surface area (TPSA) is 82.4 Å². The number of nitriles is 1. The summed E-state index contributed by atoms with van der Waals surface area (Å²) in [5, 5.41) is 10.9. The number of nitrogens with one attached hydrogen (secondary N) is 1. The van der Waals surface area contributed by atoms with Crippen LogP contribution in [0.1, 0.15) is 11.1 Å². The lowest BCUT2D eigenvalue weighted by Crippen LogP contribution is -2.05. The van der Waals surface area contributed by atoms with Crippen molar-refractivity contribution in [3.63, 3.8) is 0 Å². The molecule has 0 aliphatic rings. The Morgan fingerprint density at radius 3 is 2.83 bits per heavy atom. The Kier molecular flexibility index (Phi) is 4.35. The zero-order chi connectivity index (χ0) is 20.8. The van der Waals surface area contributed by atoms with E-state index in [-0.39, 0.29) is 5.56 Å². The first-order chi connectivity index (χ1) is 14.5. The number of pyridine rings is 2. The number of hydrogen-bond acceptors (Lipinski definition) is 5. The van der Waals surface area contributed by atoms with Crippen LogP contribution in [0.2, 0.25) is 5.02 Å². The van der Waals surface area contributed by atoms with Crippen LogP contribution in [0.15, 0.2) is 58.8 Å². The van der Waals surface area contributed by atoms with Gasteiger partial charge in [-0.1, -0.05) is 23.7 Å². The summed E-state index contributed by atoms with van der Waals surface area (Å²) in [6.07, 6.45) is 0. The van der Waals surface area contributed by atoms with Crippen molar-refractivity contribution in [2.24, 2.45) is 0 Å². The summed E-state index contributed by atoms with van der Waals surface area (Å²) < 4.78 is 0.979. The molecule has 0 aliphatic heterocycles. The van der Waals surface area contributed by atoms with Crippen LogP contribution in [-0.4, -0.2) is 15.0 Å². The maximum atomic E-state index is 11.9. The molecule has 5 rings (SSSR count). The number of nitrogens with zero attached hydrogens (tertiary/aromatic N) is 3. The standard InChI is InChI=1S/C23H13ClN4OS/c1-12-14(10-25)3-2-4-16(12)21-17(7-13-5-6-20(29)27-23(13)28-21)15-8-18(24)22-19(9-15)30-11-26-22/h2-9,11H,1H3,(H,27,28,29). The fourth-order valence-electron chi connectivity index (χ4n) is 3.60. The molecule has 0 fully saturated rings. The third-order valence-corrected chi connectivity index (χ3v) is 6.18. The van der Waals surface area contributed by atoms with Crippen molar-refractivity contribution in [1.29, 1.82) is 5.26 Å². The maximum Gasteiger partial charge on any atom is 0.249 e. The Balaban J connectivity index is 1.88. The molecule has 0 aliphatic carbocycles. The third-order valence-electron chi connectivity index (χ3n) is 5.12. The van der Waals surface area contributed by atoms with Gasteiger partial charge in [0.25, 0.3) is 0 Å². The third kappa shape index (κ3) is 2.96. The SMILES string of the molecule is Cc1c(C#N)cccc1-c1nc2[nH]c(=O)ccc2cc1-c1cc(Cl)c2ncsc2c1. The van der Waals surface area contributed by atoms with Gasteiger partial charge in [0.05, 0.1) is 38.1 Å². The highest BCUT2D eigenvalue weighted by atomic mass is 35.5. The summed E-state index contributed by atoms with van der Waals surface area (Å²) >= 11 is 8.02. The lowest BCUT2D eigenvalue weighted by molar-refractivity contribution is 1.23. The van der Waals surface area contributed by atoms with E-state index in [2.05, 4.69) is 16.0 Å². The van der Waals surface area contributed by atoms with E-state index < -0.39 is 0 Å². The Morgan fingerprint density at radius 2 is 2.00 bits per heavy atom. The highest BCUT2D eigenvalue weighted by Crippen LogP contribution is 2.38. The van der Waals surface area contributed by atoms with E-state index in [0.717, 1.165) is 37.9 Å². The first-order valence-electron chi connectivity index (χ1n) is 9.12. The zero-order valence-electron chi connectivity index (χ0n) is 15.7. The van der Waals surface area contributed by atoms with Crippen LogP contribution in [0, 0.1) is 18.3 Å². The number of H-pyrrole nitrogens is 1. The lowest BCUT2D eigenvalue weighted by Gasteiger charge is -2.14. The van der Waals surface area contributed by atoms with Crippen molar-refractivity contribution in [1.82, 2.24) is 15.0 Å². The first-order valence-corrected chi connectivity index (χ1v) is 10.4. The molecule has 3 aromatic heterocycles. The summed E-state index contributed by atoms with van der Waals surface area (Å²) in [5.41, 5.74) is 7.50. The van der Waals surface area contributed by atoms with Crippen LogP contribution < -0.4 is 5.56 Å². The molecule has 5 nitrogen and oxygen atoms in total. The summed E-state index contributed by atoms with van der Waals surface area (Å²) in [6.45, 7) is 1.90. The second kappa shape index (κ2) is 7.06. The minimum Gasteiger partial charge on any atom is -0.307 e. The minimum absolute atomic E-state index is 0.217. The molecule has 0 bridgehead atoms.